The molecule has 0 amide bonds. The van der Waals surface area contributed by atoms with Gasteiger partial charge >= 0.3 is 5.97 Å². The predicted octanol–water partition coefficient (Wildman–Crippen LogP) is 2.86. The lowest BCUT2D eigenvalue weighted by Gasteiger charge is -2.34. The van der Waals surface area contributed by atoms with Crippen LogP contribution in [0.25, 0.3) is 0 Å². The highest BCUT2D eigenvalue weighted by atomic mass is 16.5. The van der Waals surface area contributed by atoms with Crippen LogP contribution in [-0.4, -0.2) is 28.2 Å². The summed E-state index contributed by atoms with van der Waals surface area (Å²) in [5.41, 5.74) is 0.529. The van der Waals surface area contributed by atoms with E-state index in [4.69, 9.17) is 4.74 Å². The highest BCUT2D eigenvalue weighted by Gasteiger charge is 2.39. The molecular formula is C15H20N2O3. The molecule has 108 valence electrons. The van der Waals surface area contributed by atoms with E-state index in [1.54, 1.807) is 7.11 Å². The average Bonchev–Trinajstić information content (AvgIpc) is 3.32. The topological polar surface area (TPSA) is 72.3 Å². The first-order valence-corrected chi connectivity index (χ1v) is 7.32. The zero-order valence-corrected chi connectivity index (χ0v) is 11.8. The molecule has 1 aromatic heterocycles. The van der Waals surface area contributed by atoms with Gasteiger partial charge in [0.2, 0.25) is 0 Å². The first kappa shape index (κ1) is 13.5. The van der Waals surface area contributed by atoms with Gasteiger partial charge in [0.15, 0.2) is 5.82 Å². The van der Waals surface area contributed by atoms with Crippen LogP contribution in [0.2, 0.25) is 0 Å². The molecule has 0 aromatic carbocycles. The Kier molecular flexibility index (Phi) is 3.46. The van der Waals surface area contributed by atoms with Gasteiger partial charge in [0.1, 0.15) is 5.60 Å². The van der Waals surface area contributed by atoms with Crippen molar-refractivity contribution in [3.8, 4) is 0 Å². The van der Waals surface area contributed by atoms with Gasteiger partial charge in [-0.15, -0.1) is 0 Å². The number of carbonyl (C=O) groups is 1. The third-order valence-corrected chi connectivity index (χ3v) is 4.47. The molecule has 0 saturated heterocycles. The molecule has 0 spiro atoms. The third kappa shape index (κ3) is 2.30. The quantitative estimate of drug-likeness (QED) is 0.915. The summed E-state index contributed by atoms with van der Waals surface area (Å²) >= 11 is 0. The van der Waals surface area contributed by atoms with Crippen LogP contribution in [0.1, 0.15) is 72.7 Å². The molecular weight excluding hydrogens is 256 g/mol. The summed E-state index contributed by atoms with van der Waals surface area (Å²) in [6, 6.07) is 0. The van der Waals surface area contributed by atoms with Gasteiger partial charge in [-0.05, 0) is 25.7 Å². The number of rotatable bonds is 4. The largest absolute Gasteiger partial charge is 0.478 e. The Morgan fingerprint density at radius 3 is 2.60 bits per heavy atom. The molecule has 1 N–H and O–H groups in total. The Balaban J connectivity index is 2.01. The number of carboxylic acid groups (broad SMARTS) is 1. The number of aromatic nitrogens is 2. The zero-order valence-electron chi connectivity index (χ0n) is 11.8. The summed E-state index contributed by atoms with van der Waals surface area (Å²) in [6.07, 6.45) is 8.78. The second-order valence-corrected chi connectivity index (χ2v) is 5.83. The van der Waals surface area contributed by atoms with E-state index in [9.17, 15) is 9.90 Å². The Labute approximate surface area is 118 Å². The number of carboxylic acids is 1. The first-order valence-electron chi connectivity index (χ1n) is 7.32. The number of aromatic carboxylic acids is 1. The normalized spacial score (nSPS) is 21.6. The van der Waals surface area contributed by atoms with Gasteiger partial charge in [0.05, 0.1) is 11.3 Å². The minimum Gasteiger partial charge on any atom is -0.478 e. The number of hydrogen-bond donors (Lipinski definition) is 1. The summed E-state index contributed by atoms with van der Waals surface area (Å²) in [5.74, 6) is 0.0282. The van der Waals surface area contributed by atoms with Crippen molar-refractivity contribution in [2.75, 3.05) is 7.11 Å². The molecule has 1 heterocycles. The lowest BCUT2D eigenvalue weighted by atomic mass is 9.83. The van der Waals surface area contributed by atoms with E-state index in [-0.39, 0.29) is 5.56 Å². The van der Waals surface area contributed by atoms with E-state index in [0.29, 0.717) is 17.4 Å². The van der Waals surface area contributed by atoms with E-state index < -0.39 is 11.6 Å². The molecule has 0 atom stereocenters. The second kappa shape index (κ2) is 5.13. The number of hydrogen-bond acceptors (Lipinski definition) is 4. The molecule has 0 unspecified atom stereocenters. The maximum Gasteiger partial charge on any atom is 0.339 e. The summed E-state index contributed by atoms with van der Waals surface area (Å²) < 4.78 is 5.75. The molecule has 0 aliphatic heterocycles. The minimum absolute atomic E-state index is 0.248. The number of nitrogens with zero attached hydrogens (tertiary/aromatic N) is 2. The zero-order chi connectivity index (χ0) is 14.2. The van der Waals surface area contributed by atoms with Gasteiger partial charge in [0, 0.05) is 19.2 Å². The van der Waals surface area contributed by atoms with Crippen molar-refractivity contribution in [2.45, 2.75) is 56.5 Å². The molecule has 1 aromatic rings. The van der Waals surface area contributed by atoms with E-state index in [1.807, 2.05) is 0 Å². The van der Waals surface area contributed by atoms with Gasteiger partial charge in [0.25, 0.3) is 0 Å². The van der Waals surface area contributed by atoms with E-state index >= 15 is 0 Å². The molecule has 2 aliphatic carbocycles. The third-order valence-electron chi connectivity index (χ3n) is 4.47. The molecule has 2 aliphatic rings. The van der Waals surface area contributed by atoms with Crippen LogP contribution in [0.15, 0.2) is 6.20 Å². The van der Waals surface area contributed by atoms with Crippen molar-refractivity contribution >= 4 is 5.97 Å². The van der Waals surface area contributed by atoms with E-state index in [2.05, 4.69) is 9.97 Å². The molecule has 5 heteroatoms. The standard InChI is InChI=1S/C15H20N2O3/c1-20-15(7-3-2-4-8-15)14-16-9-11(13(18)19)12(17-14)10-5-6-10/h9-10H,2-8H2,1H3,(H,18,19). The van der Waals surface area contributed by atoms with E-state index in [1.165, 1.54) is 12.6 Å². The van der Waals surface area contributed by atoms with Crippen molar-refractivity contribution < 1.29 is 14.6 Å². The van der Waals surface area contributed by atoms with Crippen LogP contribution >= 0.6 is 0 Å². The van der Waals surface area contributed by atoms with Crippen LogP contribution in [-0.2, 0) is 10.3 Å². The lowest BCUT2D eigenvalue weighted by Crippen LogP contribution is -2.34. The Bertz CT molecular complexity index is 520. The van der Waals surface area contributed by atoms with Crippen LogP contribution < -0.4 is 0 Å². The van der Waals surface area contributed by atoms with Crippen molar-refractivity contribution in [1.29, 1.82) is 0 Å². The van der Waals surface area contributed by atoms with Gasteiger partial charge < -0.3 is 9.84 Å². The highest BCUT2D eigenvalue weighted by molar-refractivity contribution is 5.88. The molecule has 5 nitrogen and oxygen atoms in total. The van der Waals surface area contributed by atoms with Gasteiger partial charge in [-0.2, -0.15) is 0 Å². The molecule has 2 saturated carbocycles. The SMILES string of the molecule is COC1(c2ncc(C(=O)O)c(C3CC3)n2)CCCCC1. The minimum atomic E-state index is -0.937. The van der Waals surface area contributed by atoms with Crippen LogP contribution in [0.5, 0.6) is 0 Å². The first-order chi connectivity index (χ1) is 9.66. The number of methoxy groups -OCH3 is 1. The summed E-state index contributed by atoms with van der Waals surface area (Å²) in [7, 11) is 1.70. The van der Waals surface area contributed by atoms with Gasteiger partial charge in [-0.1, -0.05) is 19.3 Å². The highest BCUT2D eigenvalue weighted by Crippen LogP contribution is 2.43. The molecule has 0 bridgehead atoms. The van der Waals surface area contributed by atoms with Crippen molar-refractivity contribution in [3.05, 3.63) is 23.3 Å². The van der Waals surface area contributed by atoms with Crippen molar-refractivity contribution in [3.63, 3.8) is 0 Å². The molecule has 20 heavy (non-hydrogen) atoms. The Morgan fingerprint density at radius 1 is 1.35 bits per heavy atom. The van der Waals surface area contributed by atoms with Crippen molar-refractivity contribution in [2.24, 2.45) is 0 Å². The Hall–Kier alpha value is -1.49. The summed E-state index contributed by atoms with van der Waals surface area (Å²) in [4.78, 5) is 20.2. The fourth-order valence-electron chi connectivity index (χ4n) is 3.09. The Morgan fingerprint density at radius 2 is 2.05 bits per heavy atom. The molecule has 2 fully saturated rings. The monoisotopic (exact) mass is 276 g/mol. The summed E-state index contributed by atoms with van der Waals surface area (Å²) in [6.45, 7) is 0. The molecule has 3 rings (SSSR count). The second-order valence-electron chi connectivity index (χ2n) is 5.83. The lowest BCUT2D eigenvalue weighted by molar-refractivity contribution is -0.0517. The smallest absolute Gasteiger partial charge is 0.339 e. The van der Waals surface area contributed by atoms with Crippen molar-refractivity contribution in [1.82, 2.24) is 9.97 Å². The maximum atomic E-state index is 11.3. The number of ether oxygens (including phenoxy) is 1. The van der Waals surface area contributed by atoms with Crippen LogP contribution in [0, 0.1) is 0 Å². The fourth-order valence-corrected chi connectivity index (χ4v) is 3.09. The maximum absolute atomic E-state index is 11.3. The fraction of sp³-hybridized carbons (Fsp3) is 0.667. The average molecular weight is 276 g/mol. The molecule has 0 radical (unpaired) electrons. The van der Waals surface area contributed by atoms with E-state index in [0.717, 1.165) is 38.5 Å². The summed E-state index contributed by atoms with van der Waals surface area (Å²) in [5, 5.41) is 9.25. The van der Waals surface area contributed by atoms with Gasteiger partial charge in [-0.3, -0.25) is 0 Å². The predicted molar refractivity (Wildman–Crippen MR) is 72.7 cm³/mol. The van der Waals surface area contributed by atoms with Crippen LogP contribution in [0.4, 0.5) is 0 Å². The van der Waals surface area contributed by atoms with Crippen LogP contribution in [0.3, 0.4) is 0 Å². The van der Waals surface area contributed by atoms with Gasteiger partial charge in [-0.25, -0.2) is 14.8 Å².